The number of nitrogens with one attached hydrogen (secondary N) is 1. The number of nitrogens with zero attached hydrogens (tertiary/aromatic N) is 4. The second-order valence-electron chi connectivity index (χ2n) is 7.80. The molecule has 0 amide bonds. The number of β-amino-alcohol motifs (C(OH)–C–C–N with tert-alkyl or cyclic N) is 1. The van der Waals surface area contributed by atoms with Gasteiger partial charge in [0.1, 0.15) is 17.8 Å². The van der Waals surface area contributed by atoms with Gasteiger partial charge in [-0.15, -0.1) is 0 Å². The van der Waals surface area contributed by atoms with Gasteiger partial charge in [0, 0.05) is 32.4 Å². The molecular weight excluding hydrogens is 366 g/mol. The molecule has 0 radical (unpaired) electrons. The van der Waals surface area contributed by atoms with E-state index in [1.54, 1.807) is 6.33 Å². The molecule has 0 unspecified atom stereocenters. The Labute approximate surface area is 159 Å². The summed E-state index contributed by atoms with van der Waals surface area (Å²) in [6.45, 7) is 0.697. The van der Waals surface area contributed by atoms with Crippen molar-refractivity contribution in [3.05, 3.63) is 18.6 Å². The van der Waals surface area contributed by atoms with Crippen molar-refractivity contribution in [2.24, 2.45) is 5.92 Å². The summed E-state index contributed by atoms with van der Waals surface area (Å²) in [7, 11) is -1.21. The molecule has 0 aromatic carbocycles. The molecule has 0 spiro atoms. The van der Waals surface area contributed by atoms with Crippen LogP contribution in [0.15, 0.2) is 18.6 Å². The molecule has 1 aliphatic carbocycles. The molecule has 8 nitrogen and oxygen atoms in total. The third-order valence-electron chi connectivity index (χ3n) is 6.00. The molecule has 3 heterocycles. The molecular formula is C18H27N5O3S. The zero-order valence-electron chi connectivity index (χ0n) is 15.6. The van der Waals surface area contributed by atoms with Gasteiger partial charge in [-0.2, -0.15) is 4.31 Å². The van der Waals surface area contributed by atoms with Crippen LogP contribution in [0.25, 0.3) is 11.0 Å². The maximum Gasteiger partial charge on any atom is 0.214 e. The Morgan fingerprint density at radius 2 is 2.04 bits per heavy atom. The highest BCUT2D eigenvalue weighted by molar-refractivity contribution is 7.89. The van der Waals surface area contributed by atoms with Crippen LogP contribution in [0.5, 0.6) is 0 Å². The molecule has 2 aliphatic rings. The topological polar surface area (TPSA) is 102 Å². The first-order valence-corrected chi connectivity index (χ1v) is 11.2. The number of aromatic nitrogens is 3. The van der Waals surface area contributed by atoms with Crippen molar-refractivity contribution in [1.29, 1.82) is 0 Å². The second kappa shape index (κ2) is 7.37. The van der Waals surface area contributed by atoms with E-state index < -0.39 is 16.1 Å². The van der Waals surface area contributed by atoms with E-state index in [0.717, 1.165) is 42.5 Å². The van der Waals surface area contributed by atoms with Crippen LogP contribution in [0.3, 0.4) is 0 Å². The fourth-order valence-electron chi connectivity index (χ4n) is 4.38. The van der Waals surface area contributed by atoms with Gasteiger partial charge in [0.2, 0.25) is 10.0 Å². The SMILES string of the molecule is CN(c1ncnc2[nH]ccc12)C1CCC(CS(=O)(=O)N2CC[C@H](O)C2)CC1. The number of aromatic amines is 1. The number of aliphatic hydroxyl groups excluding tert-OH is 1. The zero-order valence-corrected chi connectivity index (χ0v) is 16.4. The van der Waals surface area contributed by atoms with Gasteiger partial charge in [0.15, 0.2) is 0 Å². The van der Waals surface area contributed by atoms with E-state index in [1.807, 2.05) is 12.3 Å². The van der Waals surface area contributed by atoms with Gasteiger partial charge in [-0.1, -0.05) is 0 Å². The Kier molecular flexibility index (Phi) is 5.09. The fraction of sp³-hybridized carbons (Fsp3) is 0.667. The predicted molar refractivity (Wildman–Crippen MR) is 104 cm³/mol. The maximum absolute atomic E-state index is 12.6. The summed E-state index contributed by atoms with van der Waals surface area (Å²) in [4.78, 5) is 14.0. The number of rotatable bonds is 5. The minimum absolute atomic E-state index is 0.190. The zero-order chi connectivity index (χ0) is 19.0. The second-order valence-corrected chi connectivity index (χ2v) is 9.82. The molecule has 2 aromatic heterocycles. The van der Waals surface area contributed by atoms with Crippen LogP contribution in [0.4, 0.5) is 5.82 Å². The first kappa shape index (κ1) is 18.6. The Morgan fingerprint density at radius 3 is 2.74 bits per heavy atom. The molecule has 1 saturated heterocycles. The van der Waals surface area contributed by atoms with E-state index in [2.05, 4.69) is 26.9 Å². The summed E-state index contributed by atoms with van der Waals surface area (Å²) >= 11 is 0. The van der Waals surface area contributed by atoms with E-state index in [-0.39, 0.29) is 18.2 Å². The Morgan fingerprint density at radius 1 is 1.26 bits per heavy atom. The number of sulfonamides is 1. The lowest BCUT2D eigenvalue weighted by molar-refractivity contribution is 0.189. The van der Waals surface area contributed by atoms with Gasteiger partial charge in [-0.25, -0.2) is 18.4 Å². The number of fused-ring (bicyclic) bond motifs is 1. The van der Waals surface area contributed by atoms with Crippen LogP contribution in [-0.4, -0.2) is 70.8 Å². The molecule has 2 N–H and O–H groups in total. The van der Waals surface area contributed by atoms with Crippen LogP contribution < -0.4 is 4.90 Å². The molecule has 9 heteroatoms. The van der Waals surface area contributed by atoms with Crippen molar-refractivity contribution in [3.8, 4) is 0 Å². The molecule has 1 aliphatic heterocycles. The number of aliphatic hydroxyl groups is 1. The highest BCUT2D eigenvalue weighted by Crippen LogP contribution is 2.32. The smallest absolute Gasteiger partial charge is 0.214 e. The van der Waals surface area contributed by atoms with Crippen molar-refractivity contribution < 1.29 is 13.5 Å². The third-order valence-corrected chi connectivity index (χ3v) is 8.01. The van der Waals surface area contributed by atoms with Crippen molar-refractivity contribution >= 4 is 26.9 Å². The van der Waals surface area contributed by atoms with E-state index in [4.69, 9.17) is 0 Å². The van der Waals surface area contributed by atoms with Gasteiger partial charge in [0.25, 0.3) is 0 Å². The van der Waals surface area contributed by atoms with Crippen molar-refractivity contribution in [3.63, 3.8) is 0 Å². The van der Waals surface area contributed by atoms with Crippen LogP contribution in [0.1, 0.15) is 32.1 Å². The normalized spacial score (nSPS) is 27.3. The van der Waals surface area contributed by atoms with Crippen molar-refractivity contribution in [1.82, 2.24) is 19.3 Å². The molecule has 2 fully saturated rings. The maximum atomic E-state index is 12.6. The molecule has 2 aromatic rings. The third kappa shape index (κ3) is 3.81. The Balaban J connectivity index is 1.37. The van der Waals surface area contributed by atoms with E-state index >= 15 is 0 Å². The van der Waals surface area contributed by atoms with Gasteiger partial charge in [-0.3, -0.25) is 0 Å². The summed E-state index contributed by atoms with van der Waals surface area (Å²) in [5, 5.41) is 10.6. The summed E-state index contributed by atoms with van der Waals surface area (Å²) in [5.41, 5.74) is 0.833. The van der Waals surface area contributed by atoms with Crippen molar-refractivity contribution in [2.75, 3.05) is 30.8 Å². The summed E-state index contributed by atoms with van der Waals surface area (Å²) < 4.78 is 26.6. The first-order chi connectivity index (χ1) is 12.9. The fourth-order valence-corrected chi connectivity index (χ4v) is 6.30. The minimum Gasteiger partial charge on any atom is -0.392 e. The number of H-pyrrole nitrogens is 1. The number of hydrogen-bond acceptors (Lipinski definition) is 6. The number of hydrogen-bond donors (Lipinski definition) is 2. The lowest BCUT2D eigenvalue weighted by Gasteiger charge is -2.35. The van der Waals surface area contributed by atoms with Gasteiger partial charge >= 0.3 is 0 Å². The summed E-state index contributed by atoms with van der Waals surface area (Å²) in [6.07, 6.45) is 7.18. The van der Waals surface area contributed by atoms with Gasteiger partial charge in [0.05, 0.1) is 17.2 Å². The monoisotopic (exact) mass is 393 g/mol. The average Bonchev–Trinajstić information content (AvgIpc) is 3.30. The lowest BCUT2D eigenvalue weighted by atomic mass is 9.86. The first-order valence-electron chi connectivity index (χ1n) is 9.61. The standard InChI is InChI=1S/C18H27N5O3S/c1-22(18-16-6-8-19-17(16)20-12-21-18)14-4-2-13(3-5-14)11-27(25,26)23-9-7-15(24)10-23/h6,8,12-15,24H,2-5,7,9-11H2,1H3,(H,19,20,21)/t13?,14?,15-/m0/s1. The van der Waals surface area contributed by atoms with Crippen LogP contribution in [0, 0.1) is 5.92 Å². The van der Waals surface area contributed by atoms with Gasteiger partial charge in [-0.05, 0) is 44.1 Å². The molecule has 0 bridgehead atoms. The van der Waals surface area contributed by atoms with Crippen LogP contribution >= 0.6 is 0 Å². The van der Waals surface area contributed by atoms with E-state index in [0.29, 0.717) is 19.0 Å². The van der Waals surface area contributed by atoms with E-state index in [9.17, 15) is 13.5 Å². The highest BCUT2D eigenvalue weighted by Gasteiger charge is 2.34. The molecule has 1 atom stereocenters. The Hall–Kier alpha value is -1.71. The largest absolute Gasteiger partial charge is 0.392 e. The van der Waals surface area contributed by atoms with Crippen LogP contribution in [-0.2, 0) is 10.0 Å². The highest BCUT2D eigenvalue weighted by atomic mass is 32.2. The van der Waals surface area contributed by atoms with Crippen LogP contribution in [0.2, 0.25) is 0 Å². The van der Waals surface area contributed by atoms with Crippen molar-refractivity contribution in [2.45, 2.75) is 44.2 Å². The van der Waals surface area contributed by atoms with E-state index in [1.165, 1.54) is 4.31 Å². The number of anilines is 1. The predicted octanol–water partition coefficient (Wildman–Crippen LogP) is 1.35. The minimum atomic E-state index is -3.27. The molecule has 1 saturated carbocycles. The molecule has 4 rings (SSSR count). The summed E-state index contributed by atoms with van der Waals surface area (Å²) in [5.74, 6) is 1.31. The molecule has 27 heavy (non-hydrogen) atoms. The lowest BCUT2D eigenvalue weighted by Crippen LogP contribution is -2.39. The Bertz CT molecular complexity index is 891. The average molecular weight is 394 g/mol. The molecule has 148 valence electrons. The quantitative estimate of drug-likeness (QED) is 0.795. The van der Waals surface area contributed by atoms with Gasteiger partial charge < -0.3 is 15.0 Å². The summed E-state index contributed by atoms with van der Waals surface area (Å²) in [6, 6.07) is 2.34.